The van der Waals surface area contributed by atoms with Crippen LogP contribution in [0, 0.1) is 11.6 Å². The molecule has 0 radical (unpaired) electrons. The third kappa shape index (κ3) is 7.19. The van der Waals surface area contributed by atoms with Crippen LogP contribution in [0.15, 0.2) is 78.9 Å². The van der Waals surface area contributed by atoms with Crippen LogP contribution in [0.25, 0.3) is 0 Å². The molecular weight excluding hydrogens is 418 g/mol. The maximum atomic E-state index is 13.8. The van der Waals surface area contributed by atoms with Gasteiger partial charge in [0.05, 0.1) is 6.61 Å². The van der Waals surface area contributed by atoms with E-state index in [1.54, 1.807) is 18.2 Å². The Morgan fingerprint density at radius 3 is 2.09 bits per heavy atom. The molecule has 1 fully saturated rings. The van der Waals surface area contributed by atoms with Crippen molar-refractivity contribution in [3.8, 4) is 0 Å². The van der Waals surface area contributed by atoms with Crippen LogP contribution in [0.5, 0.6) is 0 Å². The zero-order valence-electron chi connectivity index (χ0n) is 19.0. The second kappa shape index (κ2) is 12.0. The van der Waals surface area contributed by atoms with Crippen LogP contribution in [0.1, 0.15) is 29.2 Å². The van der Waals surface area contributed by atoms with Crippen LogP contribution in [0.4, 0.5) is 8.78 Å². The van der Waals surface area contributed by atoms with E-state index in [1.807, 2.05) is 6.07 Å². The first-order chi connectivity index (χ1) is 16.2. The minimum atomic E-state index is -0.416. The van der Waals surface area contributed by atoms with Gasteiger partial charge in [-0.25, -0.2) is 8.78 Å². The van der Waals surface area contributed by atoms with Gasteiger partial charge in [0.1, 0.15) is 17.7 Å². The maximum Gasteiger partial charge on any atom is 0.123 e. The summed E-state index contributed by atoms with van der Waals surface area (Å²) in [6.45, 7) is 6.68. The molecule has 5 heteroatoms. The molecule has 1 heterocycles. The third-order valence-electron chi connectivity index (χ3n) is 6.26. The monoisotopic (exact) mass is 450 g/mol. The number of ether oxygens (including phenoxy) is 1. The lowest BCUT2D eigenvalue weighted by Gasteiger charge is -2.35. The van der Waals surface area contributed by atoms with Gasteiger partial charge < -0.3 is 9.64 Å². The number of nitrogens with zero attached hydrogens (tertiary/aromatic N) is 2. The number of aryl methyl sites for hydroxylation is 1. The largest absolute Gasteiger partial charge is 0.367 e. The van der Waals surface area contributed by atoms with E-state index in [0.717, 1.165) is 56.8 Å². The van der Waals surface area contributed by atoms with Crippen LogP contribution in [0.2, 0.25) is 0 Å². The molecule has 0 saturated carbocycles. The highest BCUT2D eigenvalue weighted by Gasteiger charge is 2.19. The summed E-state index contributed by atoms with van der Waals surface area (Å²) in [5.74, 6) is -0.593. The molecule has 3 aromatic carbocycles. The second-order valence-electron chi connectivity index (χ2n) is 8.63. The standard InChI is InChI=1S/C28H32F2N2O/c29-26-13-11-24(12-14-26)28(25-9-4-10-27(30)22-25)33-21-20-32-18-16-31(17-19-32)15-5-8-23-6-2-1-3-7-23/h1-4,6-7,9-14,22,28H,5,8,15-21H2. The van der Waals surface area contributed by atoms with Crippen LogP contribution in [-0.4, -0.2) is 55.7 Å². The topological polar surface area (TPSA) is 15.7 Å². The fraction of sp³-hybridized carbons (Fsp3) is 0.357. The van der Waals surface area contributed by atoms with Gasteiger partial charge in [-0.05, 0) is 60.3 Å². The number of hydrogen-bond donors (Lipinski definition) is 0. The minimum Gasteiger partial charge on any atom is -0.367 e. The van der Waals surface area contributed by atoms with Gasteiger partial charge in [-0.1, -0.05) is 54.6 Å². The summed E-state index contributed by atoms with van der Waals surface area (Å²) in [6, 6.07) is 23.4. The van der Waals surface area contributed by atoms with Gasteiger partial charge in [-0.2, -0.15) is 0 Å². The first-order valence-corrected chi connectivity index (χ1v) is 11.8. The van der Waals surface area contributed by atoms with E-state index in [1.165, 1.54) is 36.2 Å². The Bertz CT molecular complexity index is 973. The Hall–Kier alpha value is -2.60. The van der Waals surface area contributed by atoms with E-state index in [9.17, 15) is 8.78 Å². The van der Waals surface area contributed by atoms with E-state index in [0.29, 0.717) is 6.61 Å². The molecule has 33 heavy (non-hydrogen) atoms. The van der Waals surface area contributed by atoms with Crippen molar-refractivity contribution in [3.63, 3.8) is 0 Å². The molecular formula is C28H32F2N2O. The number of halogens is 2. The quantitative estimate of drug-likeness (QED) is 0.416. The van der Waals surface area contributed by atoms with Gasteiger partial charge in [-0.3, -0.25) is 4.90 Å². The third-order valence-corrected chi connectivity index (χ3v) is 6.26. The Labute approximate surface area is 195 Å². The van der Waals surface area contributed by atoms with Crippen LogP contribution in [0.3, 0.4) is 0 Å². The van der Waals surface area contributed by atoms with E-state index in [2.05, 4.69) is 40.1 Å². The van der Waals surface area contributed by atoms with Gasteiger partial charge in [0, 0.05) is 32.7 Å². The lowest BCUT2D eigenvalue weighted by molar-refractivity contribution is 0.0450. The first-order valence-electron chi connectivity index (χ1n) is 11.8. The normalized spacial score (nSPS) is 16.1. The van der Waals surface area contributed by atoms with E-state index in [4.69, 9.17) is 4.74 Å². The number of hydrogen-bond acceptors (Lipinski definition) is 3. The summed E-state index contributed by atoms with van der Waals surface area (Å²) < 4.78 is 33.4. The van der Waals surface area contributed by atoms with Crippen molar-refractivity contribution in [3.05, 3.63) is 107 Å². The molecule has 174 valence electrons. The average molecular weight is 451 g/mol. The molecule has 3 nitrogen and oxygen atoms in total. The molecule has 3 aromatic rings. The lowest BCUT2D eigenvalue weighted by atomic mass is 10.0. The highest BCUT2D eigenvalue weighted by atomic mass is 19.1. The molecule has 0 aromatic heterocycles. The Kier molecular flexibility index (Phi) is 8.59. The van der Waals surface area contributed by atoms with E-state index in [-0.39, 0.29) is 11.6 Å². The van der Waals surface area contributed by atoms with Crippen molar-refractivity contribution in [2.24, 2.45) is 0 Å². The highest BCUT2D eigenvalue weighted by Crippen LogP contribution is 2.27. The molecule has 4 rings (SSSR count). The lowest BCUT2D eigenvalue weighted by Crippen LogP contribution is -2.47. The molecule has 1 unspecified atom stereocenters. The van der Waals surface area contributed by atoms with Gasteiger partial charge in [0.2, 0.25) is 0 Å². The van der Waals surface area contributed by atoms with Crippen molar-refractivity contribution < 1.29 is 13.5 Å². The molecule has 1 aliphatic heterocycles. The Balaban J connectivity index is 1.23. The predicted octanol–water partition coefficient (Wildman–Crippen LogP) is 5.32. The molecule has 1 atom stereocenters. The van der Waals surface area contributed by atoms with Crippen LogP contribution in [-0.2, 0) is 11.2 Å². The van der Waals surface area contributed by atoms with Crippen molar-refractivity contribution in [1.29, 1.82) is 0 Å². The molecule has 1 saturated heterocycles. The Morgan fingerprint density at radius 1 is 0.697 bits per heavy atom. The molecule has 0 bridgehead atoms. The summed E-state index contributed by atoms with van der Waals surface area (Å²) in [5, 5.41) is 0. The van der Waals surface area contributed by atoms with Crippen molar-refractivity contribution in [2.75, 3.05) is 45.9 Å². The summed E-state index contributed by atoms with van der Waals surface area (Å²) in [7, 11) is 0. The first kappa shape index (κ1) is 23.6. The van der Waals surface area contributed by atoms with E-state index < -0.39 is 6.10 Å². The van der Waals surface area contributed by atoms with Crippen LogP contribution < -0.4 is 0 Å². The van der Waals surface area contributed by atoms with E-state index >= 15 is 0 Å². The molecule has 1 aliphatic rings. The minimum absolute atomic E-state index is 0.293. The average Bonchev–Trinajstić information content (AvgIpc) is 2.84. The molecule has 0 spiro atoms. The SMILES string of the molecule is Fc1ccc(C(OCCN2CCN(CCCc3ccccc3)CC2)c2cccc(F)c2)cc1. The number of benzene rings is 3. The van der Waals surface area contributed by atoms with Gasteiger partial charge in [-0.15, -0.1) is 0 Å². The summed E-state index contributed by atoms with van der Waals surface area (Å²) in [5.41, 5.74) is 2.97. The van der Waals surface area contributed by atoms with Gasteiger partial charge >= 0.3 is 0 Å². The maximum absolute atomic E-state index is 13.8. The van der Waals surface area contributed by atoms with Crippen molar-refractivity contribution in [2.45, 2.75) is 18.9 Å². The van der Waals surface area contributed by atoms with Crippen molar-refractivity contribution in [1.82, 2.24) is 9.80 Å². The number of piperazine rings is 1. The van der Waals surface area contributed by atoms with Crippen LogP contribution >= 0.6 is 0 Å². The predicted molar refractivity (Wildman–Crippen MR) is 128 cm³/mol. The number of rotatable bonds is 10. The molecule has 0 N–H and O–H groups in total. The molecule has 0 aliphatic carbocycles. The van der Waals surface area contributed by atoms with Crippen molar-refractivity contribution >= 4 is 0 Å². The smallest absolute Gasteiger partial charge is 0.123 e. The fourth-order valence-corrected chi connectivity index (χ4v) is 4.38. The summed E-state index contributed by atoms with van der Waals surface area (Å²) in [6.07, 6.45) is 1.89. The molecule has 0 amide bonds. The highest BCUT2D eigenvalue weighted by molar-refractivity contribution is 5.30. The fourth-order valence-electron chi connectivity index (χ4n) is 4.38. The van der Waals surface area contributed by atoms with Gasteiger partial charge in [0.15, 0.2) is 0 Å². The Morgan fingerprint density at radius 2 is 1.39 bits per heavy atom. The summed E-state index contributed by atoms with van der Waals surface area (Å²) in [4.78, 5) is 4.95. The summed E-state index contributed by atoms with van der Waals surface area (Å²) >= 11 is 0. The second-order valence-corrected chi connectivity index (χ2v) is 8.63. The zero-order chi connectivity index (χ0) is 22.9. The van der Waals surface area contributed by atoms with Gasteiger partial charge in [0.25, 0.3) is 0 Å². The zero-order valence-corrected chi connectivity index (χ0v) is 19.0.